The van der Waals surface area contributed by atoms with Crippen LogP contribution in [-0.2, 0) is 4.79 Å². The molecular weight excluding hydrogens is 290 g/mol. The second-order valence-corrected chi connectivity index (χ2v) is 5.73. The van der Waals surface area contributed by atoms with Crippen LogP contribution >= 0.6 is 11.6 Å². The molecule has 0 aromatic heterocycles. The summed E-state index contributed by atoms with van der Waals surface area (Å²) >= 11 is 5.92. The van der Waals surface area contributed by atoms with Crippen molar-refractivity contribution in [3.63, 3.8) is 0 Å². The molecule has 116 valence electrons. The SMILES string of the molecule is CN(C)C(=O)C1CNCCN1CCOc1cccc(Cl)c1. The maximum atomic E-state index is 12.2. The van der Waals surface area contributed by atoms with E-state index in [4.69, 9.17) is 16.3 Å². The molecule has 1 amide bonds. The molecule has 21 heavy (non-hydrogen) atoms. The van der Waals surface area contributed by atoms with Crippen molar-refractivity contribution >= 4 is 17.5 Å². The van der Waals surface area contributed by atoms with Gasteiger partial charge < -0.3 is 15.0 Å². The largest absolute Gasteiger partial charge is 0.492 e. The van der Waals surface area contributed by atoms with Crippen LogP contribution in [-0.4, -0.2) is 68.6 Å². The topological polar surface area (TPSA) is 44.8 Å². The number of benzene rings is 1. The van der Waals surface area contributed by atoms with Gasteiger partial charge in [-0.1, -0.05) is 17.7 Å². The molecule has 5 nitrogen and oxygen atoms in total. The van der Waals surface area contributed by atoms with Crippen LogP contribution in [0.2, 0.25) is 5.02 Å². The standard InChI is InChI=1S/C15H22ClN3O2/c1-18(2)15(20)14-11-17-6-7-19(14)8-9-21-13-5-3-4-12(16)10-13/h3-5,10,14,17H,6-9,11H2,1-2H3. The lowest BCUT2D eigenvalue weighted by molar-refractivity contribution is -0.135. The normalized spacial score (nSPS) is 19.3. The molecule has 6 heteroatoms. The van der Waals surface area contributed by atoms with Crippen LogP contribution in [0, 0.1) is 0 Å². The summed E-state index contributed by atoms with van der Waals surface area (Å²) < 4.78 is 5.71. The number of carbonyl (C=O) groups is 1. The molecule has 0 saturated carbocycles. The van der Waals surface area contributed by atoms with E-state index < -0.39 is 0 Å². The molecule has 1 heterocycles. The summed E-state index contributed by atoms with van der Waals surface area (Å²) in [6.07, 6.45) is 0. The quantitative estimate of drug-likeness (QED) is 0.884. The van der Waals surface area contributed by atoms with Gasteiger partial charge in [-0.2, -0.15) is 0 Å². The van der Waals surface area contributed by atoms with Crippen LogP contribution in [0.3, 0.4) is 0 Å². The second kappa shape index (κ2) is 7.64. The third-order valence-corrected chi connectivity index (χ3v) is 3.76. The second-order valence-electron chi connectivity index (χ2n) is 5.29. The van der Waals surface area contributed by atoms with Crippen LogP contribution in [0.25, 0.3) is 0 Å². The number of likely N-dealkylation sites (N-methyl/N-ethyl adjacent to an activating group) is 1. The van der Waals surface area contributed by atoms with Crippen molar-refractivity contribution in [3.8, 4) is 5.75 Å². The first-order valence-corrected chi connectivity index (χ1v) is 7.50. The molecule has 2 rings (SSSR count). The molecule has 0 radical (unpaired) electrons. The van der Waals surface area contributed by atoms with E-state index in [1.165, 1.54) is 0 Å². The average Bonchev–Trinajstić information content (AvgIpc) is 2.47. The molecule has 1 aromatic carbocycles. The van der Waals surface area contributed by atoms with E-state index in [-0.39, 0.29) is 11.9 Å². The van der Waals surface area contributed by atoms with Gasteiger partial charge in [0, 0.05) is 45.3 Å². The van der Waals surface area contributed by atoms with Gasteiger partial charge in [-0.15, -0.1) is 0 Å². The Hall–Kier alpha value is -1.30. The molecule has 1 atom stereocenters. The molecule has 1 unspecified atom stereocenters. The summed E-state index contributed by atoms with van der Waals surface area (Å²) in [4.78, 5) is 16.0. The van der Waals surface area contributed by atoms with Gasteiger partial charge in [-0.3, -0.25) is 9.69 Å². The van der Waals surface area contributed by atoms with E-state index in [0.717, 1.165) is 25.4 Å². The zero-order chi connectivity index (χ0) is 15.2. The summed E-state index contributed by atoms with van der Waals surface area (Å²) in [6, 6.07) is 7.24. The fourth-order valence-electron chi connectivity index (χ4n) is 2.39. The highest BCUT2D eigenvalue weighted by Crippen LogP contribution is 2.17. The molecular formula is C15H22ClN3O2. The van der Waals surface area contributed by atoms with Gasteiger partial charge in [0.2, 0.25) is 5.91 Å². The summed E-state index contributed by atoms with van der Waals surface area (Å²) in [5, 5.41) is 3.93. The first-order valence-electron chi connectivity index (χ1n) is 7.12. The number of hydrogen-bond acceptors (Lipinski definition) is 4. The van der Waals surface area contributed by atoms with Gasteiger partial charge in [0.1, 0.15) is 18.4 Å². The van der Waals surface area contributed by atoms with E-state index >= 15 is 0 Å². The number of nitrogens with zero attached hydrogens (tertiary/aromatic N) is 2. The van der Waals surface area contributed by atoms with Gasteiger partial charge in [0.25, 0.3) is 0 Å². The van der Waals surface area contributed by atoms with E-state index in [9.17, 15) is 4.79 Å². The van der Waals surface area contributed by atoms with Crippen LogP contribution in [0.15, 0.2) is 24.3 Å². The number of halogens is 1. The highest BCUT2D eigenvalue weighted by Gasteiger charge is 2.29. The first-order chi connectivity index (χ1) is 10.1. The van der Waals surface area contributed by atoms with Gasteiger partial charge in [-0.05, 0) is 18.2 Å². The van der Waals surface area contributed by atoms with Crippen molar-refractivity contribution in [2.45, 2.75) is 6.04 Å². The number of amides is 1. The number of rotatable bonds is 5. The van der Waals surface area contributed by atoms with E-state index in [1.54, 1.807) is 25.1 Å². The lowest BCUT2D eigenvalue weighted by Gasteiger charge is -2.36. The molecule has 1 fully saturated rings. The molecule has 1 aliphatic heterocycles. The van der Waals surface area contributed by atoms with Gasteiger partial charge in [0.05, 0.1) is 0 Å². The van der Waals surface area contributed by atoms with Gasteiger partial charge in [-0.25, -0.2) is 0 Å². The molecule has 0 bridgehead atoms. The summed E-state index contributed by atoms with van der Waals surface area (Å²) in [5.74, 6) is 0.887. The van der Waals surface area contributed by atoms with Crippen LogP contribution in [0.1, 0.15) is 0 Å². The van der Waals surface area contributed by atoms with Gasteiger partial charge >= 0.3 is 0 Å². The highest BCUT2D eigenvalue weighted by atomic mass is 35.5. The van der Waals surface area contributed by atoms with Crippen molar-refractivity contribution in [1.82, 2.24) is 15.1 Å². The van der Waals surface area contributed by atoms with E-state index in [0.29, 0.717) is 18.2 Å². The monoisotopic (exact) mass is 311 g/mol. The highest BCUT2D eigenvalue weighted by molar-refractivity contribution is 6.30. The Morgan fingerprint density at radius 1 is 1.52 bits per heavy atom. The number of hydrogen-bond donors (Lipinski definition) is 1. The summed E-state index contributed by atoms with van der Waals surface area (Å²) in [7, 11) is 3.58. The minimum Gasteiger partial charge on any atom is -0.492 e. The predicted molar refractivity (Wildman–Crippen MR) is 83.9 cm³/mol. The molecule has 1 aromatic rings. The summed E-state index contributed by atoms with van der Waals surface area (Å²) in [6.45, 7) is 3.70. The van der Waals surface area contributed by atoms with Gasteiger partial charge in [0.15, 0.2) is 0 Å². The van der Waals surface area contributed by atoms with Crippen molar-refractivity contribution in [2.24, 2.45) is 0 Å². The smallest absolute Gasteiger partial charge is 0.240 e. The van der Waals surface area contributed by atoms with Crippen molar-refractivity contribution in [3.05, 3.63) is 29.3 Å². The fraction of sp³-hybridized carbons (Fsp3) is 0.533. The van der Waals surface area contributed by atoms with E-state index in [2.05, 4.69) is 10.2 Å². The van der Waals surface area contributed by atoms with E-state index in [1.807, 2.05) is 18.2 Å². The Bertz CT molecular complexity index is 482. The van der Waals surface area contributed by atoms with Crippen molar-refractivity contribution in [2.75, 3.05) is 46.9 Å². The van der Waals surface area contributed by atoms with Crippen LogP contribution < -0.4 is 10.1 Å². The molecule has 1 aliphatic rings. The van der Waals surface area contributed by atoms with Crippen LogP contribution in [0.4, 0.5) is 0 Å². The number of piperazine rings is 1. The molecule has 0 spiro atoms. The fourth-order valence-corrected chi connectivity index (χ4v) is 2.57. The van der Waals surface area contributed by atoms with Crippen LogP contribution in [0.5, 0.6) is 5.75 Å². The molecule has 1 saturated heterocycles. The zero-order valence-electron chi connectivity index (χ0n) is 12.5. The Balaban J connectivity index is 1.86. The Morgan fingerprint density at radius 2 is 2.33 bits per heavy atom. The molecule has 0 aliphatic carbocycles. The minimum absolute atomic E-state index is 0.114. The Morgan fingerprint density at radius 3 is 3.05 bits per heavy atom. The number of nitrogens with one attached hydrogen (secondary N) is 1. The maximum absolute atomic E-state index is 12.2. The molecule has 1 N–H and O–H groups in total. The first kappa shape index (κ1) is 16.1. The lowest BCUT2D eigenvalue weighted by Crippen LogP contribution is -2.58. The number of ether oxygens (including phenoxy) is 1. The lowest BCUT2D eigenvalue weighted by atomic mass is 10.1. The minimum atomic E-state index is -0.114. The third-order valence-electron chi connectivity index (χ3n) is 3.52. The van der Waals surface area contributed by atoms with Crippen molar-refractivity contribution < 1.29 is 9.53 Å². The maximum Gasteiger partial charge on any atom is 0.240 e. The average molecular weight is 312 g/mol. The third kappa shape index (κ3) is 4.59. The Labute approximate surface area is 130 Å². The Kier molecular flexibility index (Phi) is 5.85. The zero-order valence-corrected chi connectivity index (χ0v) is 13.3. The van der Waals surface area contributed by atoms with Crippen molar-refractivity contribution in [1.29, 1.82) is 0 Å². The predicted octanol–water partition coefficient (Wildman–Crippen LogP) is 1.08. The summed E-state index contributed by atoms with van der Waals surface area (Å²) in [5.41, 5.74) is 0. The number of carbonyl (C=O) groups excluding carboxylic acids is 1.